The quantitative estimate of drug-likeness (QED) is 0.414. The van der Waals surface area contributed by atoms with Crippen LogP contribution >= 0.6 is 0 Å². The van der Waals surface area contributed by atoms with Gasteiger partial charge < -0.3 is 4.43 Å². The van der Waals surface area contributed by atoms with Crippen LogP contribution in [0.2, 0.25) is 5.04 Å². The van der Waals surface area contributed by atoms with E-state index in [-0.39, 0.29) is 0 Å². The lowest BCUT2D eigenvalue weighted by atomic mass is 10.3. The second-order valence-electron chi connectivity index (χ2n) is 3.48. The fourth-order valence-corrected chi connectivity index (χ4v) is 0.983. The van der Waals surface area contributed by atoms with E-state index in [0.717, 1.165) is 6.42 Å². The van der Waals surface area contributed by atoms with E-state index >= 15 is 0 Å². The molecule has 0 aromatic heterocycles. The fraction of sp³-hybridized carbons (Fsp3) is 0.750. The van der Waals surface area contributed by atoms with Crippen molar-refractivity contribution >= 4 is 9.76 Å². The molecule has 0 unspecified atom stereocenters. The van der Waals surface area contributed by atoms with E-state index in [1.54, 1.807) is 0 Å². The van der Waals surface area contributed by atoms with Crippen molar-refractivity contribution in [3.05, 3.63) is 0 Å². The summed E-state index contributed by atoms with van der Waals surface area (Å²) < 4.78 is 5.22. The highest BCUT2D eigenvalue weighted by molar-refractivity contribution is 6.32. The first kappa shape index (κ1) is 9.58. The van der Waals surface area contributed by atoms with E-state index in [9.17, 15) is 0 Å². The molecule has 0 atom stereocenters. The monoisotopic (exact) mass is 156 g/mol. The van der Waals surface area contributed by atoms with Crippen LogP contribution in [0.5, 0.6) is 0 Å². The van der Waals surface area contributed by atoms with Crippen molar-refractivity contribution in [3.8, 4) is 12.0 Å². The number of rotatable bonds is 1. The van der Waals surface area contributed by atoms with Crippen molar-refractivity contribution < 1.29 is 4.43 Å². The summed E-state index contributed by atoms with van der Waals surface area (Å²) in [6.45, 7) is 8.58. The molecule has 1 nitrogen and oxygen atoms in total. The van der Waals surface area contributed by atoms with Crippen molar-refractivity contribution in [2.24, 2.45) is 0 Å². The zero-order valence-corrected chi connectivity index (χ0v) is 8.74. The van der Waals surface area contributed by atoms with E-state index in [0.29, 0.717) is 5.04 Å². The molecule has 0 aliphatic carbocycles. The Morgan fingerprint density at radius 2 is 2.00 bits per heavy atom. The molecular formula is C8H16OSi. The minimum Gasteiger partial charge on any atom is -0.508 e. The van der Waals surface area contributed by atoms with Crippen LogP contribution in [0.3, 0.4) is 0 Å². The Labute approximate surface area is 66.1 Å². The second-order valence-corrected chi connectivity index (χ2v) is 6.18. The lowest BCUT2D eigenvalue weighted by Crippen LogP contribution is -2.09. The first-order chi connectivity index (χ1) is 4.56. The van der Waals surface area contributed by atoms with Gasteiger partial charge in [0.1, 0.15) is 0 Å². The van der Waals surface area contributed by atoms with Gasteiger partial charge in [0.2, 0.25) is 9.76 Å². The lowest BCUT2D eigenvalue weighted by Gasteiger charge is -2.13. The van der Waals surface area contributed by atoms with Crippen LogP contribution in [-0.4, -0.2) is 9.76 Å². The van der Waals surface area contributed by atoms with Gasteiger partial charge in [-0.2, -0.15) is 0 Å². The highest BCUT2D eigenvalue weighted by Gasteiger charge is 2.11. The summed E-state index contributed by atoms with van der Waals surface area (Å²) in [4.78, 5) is 0. The highest BCUT2D eigenvalue weighted by Crippen LogP contribution is 2.19. The molecule has 0 amide bonds. The van der Waals surface area contributed by atoms with Crippen LogP contribution in [0, 0.1) is 12.0 Å². The minimum atomic E-state index is -0.444. The van der Waals surface area contributed by atoms with E-state index in [1.807, 2.05) is 6.92 Å². The zero-order chi connectivity index (χ0) is 8.04. The van der Waals surface area contributed by atoms with Crippen LogP contribution < -0.4 is 0 Å². The van der Waals surface area contributed by atoms with Gasteiger partial charge in [-0.25, -0.2) is 0 Å². The zero-order valence-electron chi connectivity index (χ0n) is 7.32. The summed E-state index contributed by atoms with van der Waals surface area (Å²) in [6.07, 6.45) is 3.59. The van der Waals surface area contributed by atoms with Gasteiger partial charge in [0.15, 0.2) is 0 Å². The van der Waals surface area contributed by atoms with Crippen LogP contribution in [0.25, 0.3) is 0 Å². The van der Waals surface area contributed by atoms with Crippen molar-refractivity contribution in [1.82, 2.24) is 0 Å². The smallest absolute Gasteiger partial charge is 0.240 e. The third-order valence-electron chi connectivity index (χ3n) is 0.826. The van der Waals surface area contributed by atoms with Gasteiger partial charge in [-0.1, -0.05) is 33.6 Å². The second kappa shape index (κ2) is 4.40. The van der Waals surface area contributed by atoms with E-state index < -0.39 is 9.76 Å². The molecule has 0 saturated heterocycles. The molecule has 0 saturated carbocycles. The number of hydrogen-bond acceptors (Lipinski definition) is 1. The van der Waals surface area contributed by atoms with Gasteiger partial charge in [-0.15, -0.1) is 0 Å². The Bertz CT molecular complexity index is 136. The molecule has 0 aromatic carbocycles. The summed E-state index contributed by atoms with van der Waals surface area (Å²) >= 11 is 0. The average Bonchev–Trinajstić information content (AvgIpc) is 1.78. The van der Waals surface area contributed by atoms with Crippen molar-refractivity contribution in [1.29, 1.82) is 0 Å². The molecule has 0 rings (SSSR count). The maximum absolute atomic E-state index is 5.22. The van der Waals surface area contributed by atoms with Gasteiger partial charge >= 0.3 is 0 Å². The van der Waals surface area contributed by atoms with E-state index in [2.05, 4.69) is 32.8 Å². The normalized spacial score (nSPS) is 11.2. The molecular weight excluding hydrogens is 140 g/mol. The molecule has 0 spiro atoms. The summed E-state index contributed by atoms with van der Waals surface area (Å²) in [5, 5.41) is 0.364. The predicted molar refractivity (Wildman–Crippen MR) is 47.4 cm³/mol. The molecule has 0 aliphatic rings. The van der Waals surface area contributed by atoms with E-state index in [4.69, 9.17) is 4.43 Å². The maximum Gasteiger partial charge on any atom is 0.240 e. The van der Waals surface area contributed by atoms with Gasteiger partial charge in [0.05, 0.1) is 6.11 Å². The molecule has 0 fully saturated rings. The Balaban J connectivity index is 3.37. The van der Waals surface area contributed by atoms with Gasteiger partial charge in [0, 0.05) is 6.42 Å². The van der Waals surface area contributed by atoms with Gasteiger partial charge in [0.25, 0.3) is 0 Å². The van der Waals surface area contributed by atoms with Crippen molar-refractivity contribution in [3.63, 3.8) is 0 Å². The van der Waals surface area contributed by atoms with Crippen LogP contribution in [0.1, 0.15) is 34.1 Å². The summed E-state index contributed by atoms with van der Waals surface area (Å²) in [5.41, 5.74) is 0. The molecule has 0 aromatic rings. The van der Waals surface area contributed by atoms with Crippen LogP contribution in [0.4, 0.5) is 0 Å². The first-order valence-corrected chi connectivity index (χ1v) is 4.94. The topological polar surface area (TPSA) is 9.23 Å². The molecule has 0 bridgehead atoms. The standard InChI is InChI=1S/C8H16OSi/c1-5-6-7-9-10-8(2,3)4/h5,10H2,1-4H3. The molecule has 0 radical (unpaired) electrons. The fourth-order valence-electron chi connectivity index (χ4n) is 0.376. The van der Waals surface area contributed by atoms with Gasteiger partial charge in [-0.05, 0) is 5.04 Å². The van der Waals surface area contributed by atoms with Crippen LogP contribution in [-0.2, 0) is 4.43 Å². The average molecular weight is 156 g/mol. The molecule has 2 heteroatoms. The third-order valence-corrected chi connectivity index (χ3v) is 1.98. The largest absolute Gasteiger partial charge is 0.508 e. The highest BCUT2D eigenvalue weighted by atomic mass is 28.2. The Morgan fingerprint density at radius 1 is 1.40 bits per heavy atom. The van der Waals surface area contributed by atoms with Crippen molar-refractivity contribution in [2.45, 2.75) is 39.2 Å². The predicted octanol–water partition coefficient (Wildman–Crippen LogP) is 1.68. The molecule has 0 heterocycles. The Morgan fingerprint density at radius 3 is 2.40 bits per heavy atom. The third kappa shape index (κ3) is 7.58. The SMILES string of the molecule is CCC#CO[SiH2]C(C)(C)C. The van der Waals surface area contributed by atoms with Gasteiger partial charge in [-0.3, -0.25) is 0 Å². The maximum atomic E-state index is 5.22. The Kier molecular flexibility index (Phi) is 4.22. The number of hydrogen-bond donors (Lipinski definition) is 0. The summed E-state index contributed by atoms with van der Waals surface area (Å²) in [5.74, 6) is 2.88. The minimum absolute atomic E-state index is 0.364. The molecule has 58 valence electrons. The summed E-state index contributed by atoms with van der Waals surface area (Å²) in [6, 6.07) is 0. The molecule has 10 heavy (non-hydrogen) atoms. The first-order valence-electron chi connectivity index (χ1n) is 3.66. The summed E-state index contributed by atoms with van der Waals surface area (Å²) in [7, 11) is -0.444. The van der Waals surface area contributed by atoms with E-state index in [1.165, 1.54) is 0 Å². The molecule has 0 N–H and O–H groups in total. The lowest BCUT2D eigenvalue weighted by molar-refractivity contribution is 0.512. The van der Waals surface area contributed by atoms with Crippen molar-refractivity contribution in [2.75, 3.05) is 0 Å². The Hall–Kier alpha value is -0.423. The molecule has 0 aliphatic heterocycles. The van der Waals surface area contributed by atoms with Crippen LogP contribution in [0.15, 0.2) is 0 Å².